The van der Waals surface area contributed by atoms with Gasteiger partial charge in [0, 0.05) is 35.9 Å². The molecule has 1 saturated carbocycles. The minimum Gasteiger partial charge on any atom is -0.393 e. The number of phosphoric acid groups is 1. The van der Waals surface area contributed by atoms with Crippen molar-refractivity contribution in [3.8, 4) is 0 Å². The monoisotopic (exact) mass is 602 g/mol. The van der Waals surface area contributed by atoms with E-state index in [0.29, 0.717) is 0 Å². The number of aliphatic hydroxyl groups is 3. The van der Waals surface area contributed by atoms with E-state index in [1.165, 1.54) is 26.2 Å². The van der Waals surface area contributed by atoms with Crippen molar-refractivity contribution in [3.05, 3.63) is 65.2 Å². The van der Waals surface area contributed by atoms with E-state index < -0.39 is 97.8 Å². The summed E-state index contributed by atoms with van der Waals surface area (Å²) in [5, 5.41) is 31.7. The van der Waals surface area contributed by atoms with Crippen LogP contribution in [0.25, 0.3) is 0 Å². The quantitative estimate of drug-likeness (QED) is 0.175. The van der Waals surface area contributed by atoms with Crippen LogP contribution in [-0.4, -0.2) is 82.5 Å². The van der Waals surface area contributed by atoms with Crippen molar-refractivity contribution in [1.82, 2.24) is 19.1 Å². The number of aryl methyl sites for hydroxylation is 2. The molecule has 1 unspecified atom stereocenters. The lowest BCUT2D eigenvalue weighted by Crippen LogP contribution is -2.53. The van der Waals surface area contributed by atoms with Crippen LogP contribution in [0.2, 0.25) is 0 Å². The second-order valence-electron chi connectivity index (χ2n) is 10.7. The van der Waals surface area contributed by atoms with E-state index in [-0.39, 0.29) is 17.5 Å². The van der Waals surface area contributed by atoms with Gasteiger partial charge in [0.05, 0.1) is 25.4 Å². The minimum absolute atomic E-state index is 0.0734. The van der Waals surface area contributed by atoms with Crippen LogP contribution in [0.4, 0.5) is 0 Å². The van der Waals surface area contributed by atoms with E-state index >= 15 is 0 Å². The highest BCUT2D eigenvalue weighted by Crippen LogP contribution is 2.60. The van der Waals surface area contributed by atoms with Crippen LogP contribution < -0.4 is 22.5 Å². The first kappa shape index (κ1) is 29.8. The number of nitrogens with one attached hydrogen (secondary N) is 2. The van der Waals surface area contributed by atoms with Crippen LogP contribution >= 0.6 is 7.82 Å². The highest BCUT2D eigenvalue weighted by Gasteiger charge is 2.70. The van der Waals surface area contributed by atoms with Crippen molar-refractivity contribution in [2.24, 2.45) is 11.8 Å². The average molecular weight is 602 g/mol. The molecule has 0 aromatic carbocycles. The van der Waals surface area contributed by atoms with E-state index in [2.05, 4.69) is 9.97 Å². The third kappa shape index (κ3) is 5.00. The third-order valence-electron chi connectivity index (χ3n) is 8.08. The number of rotatable bonds is 8. The average Bonchev–Trinajstić information content (AvgIpc) is 3.48. The highest BCUT2D eigenvalue weighted by molar-refractivity contribution is 7.47. The second-order valence-corrected chi connectivity index (χ2v) is 12.1. The molecule has 17 nitrogen and oxygen atoms in total. The van der Waals surface area contributed by atoms with Gasteiger partial charge in [-0.3, -0.25) is 37.7 Å². The van der Waals surface area contributed by atoms with Crippen molar-refractivity contribution >= 4 is 7.82 Å². The summed E-state index contributed by atoms with van der Waals surface area (Å²) in [6.07, 6.45) is -4.76. The molecule has 18 heteroatoms. The number of ether oxygens (including phenoxy) is 2. The van der Waals surface area contributed by atoms with Crippen LogP contribution in [0.1, 0.15) is 36.9 Å². The Hall–Kier alpha value is -2.73. The lowest BCUT2D eigenvalue weighted by Gasteiger charge is -2.40. The summed E-state index contributed by atoms with van der Waals surface area (Å²) in [4.78, 5) is 62.8. The van der Waals surface area contributed by atoms with E-state index in [4.69, 9.17) is 18.5 Å². The van der Waals surface area contributed by atoms with E-state index in [9.17, 15) is 44.0 Å². The zero-order valence-electron chi connectivity index (χ0n) is 22.2. The molecule has 0 amide bonds. The fraction of sp³-hybridized carbons (Fsp3) is 0.652. The maximum atomic E-state index is 13.0. The number of fused-ring (bicyclic) bond motifs is 2. The summed E-state index contributed by atoms with van der Waals surface area (Å²) in [6.45, 7) is 3.07. The van der Waals surface area contributed by atoms with Gasteiger partial charge in [-0.1, -0.05) is 6.92 Å². The molecule has 4 heterocycles. The molecular weight excluding hydrogens is 571 g/mol. The van der Waals surface area contributed by atoms with Gasteiger partial charge in [-0.15, -0.1) is 0 Å². The van der Waals surface area contributed by atoms with E-state index in [0.717, 1.165) is 9.13 Å². The van der Waals surface area contributed by atoms with Crippen LogP contribution in [-0.2, 0) is 23.1 Å². The minimum atomic E-state index is -4.93. The molecule has 3 aliphatic rings. The number of hydrogen-bond donors (Lipinski definition) is 6. The first-order valence-corrected chi connectivity index (χ1v) is 14.3. The van der Waals surface area contributed by atoms with Crippen molar-refractivity contribution < 1.29 is 43.3 Å². The Morgan fingerprint density at radius 3 is 2.27 bits per heavy atom. The second kappa shape index (κ2) is 10.5. The summed E-state index contributed by atoms with van der Waals surface area (Å²) in [5.41, 5.74) is -4.18. The third-order valence-corrected chi connectivity index (χ3v) is 9.05. The molecule has 41 heavy (non-hydrogen) atoms. The fourth-order valence-corrected chi connectivity index (χ4v) is 6.94. The summed E-state index contributed by atoms with van der Waals surface area (Å²) in [5.74, 6) is -1.62. The van der Waals surface area contributed by atoms with E-state index in [1.807, 2.05) is 0 Å². The Balaban J connectivity index is 1.29. The fourth-order valence-electron chi connectivity index (χ4n) is 5.89. The van der Waals surface area contributed by atoms with Crippen molar-refractivity contribution in [2.45, 2.75) is 69.7 Å². The molecule has 226 valence electrons. The maximum absolute atomic E-state index is 13.0. The Labute approximate surface area is 230 Å². The summed E-state index contributed by atoms with van der Waals surface area (Å²) in [7, 11) is -4.93. The number of aliphatic hydroxyl groups excluding tert-OH is 3. The zero-order valence-corrected chi connectivity index (χ0v) is 23.1. The topological polar surface area (TPSA) is 245 Å². The summed E-state index contributed by atoms with van der Waals surface area (Å²) >= 11 is 0. The molecule has 0 spiro atoms. The number of hydrogen-bond acceptors (Lipinski definition) is 12. The normalized spacial score (nSPS) is 36.1. The van der Waals surface area contributed by atoms with Crippen molar-refractivity contribution in [1.29, 1.82) is 0 Å². The summed E-state index contributed by atoms with van der Waals surface area (Å²) in [6, 6.07) is 0. The number of H-pyrrole nitrogens is 2. The van der Waals surface area contributed by atoms with Gasteiger partial charge in [0.1, 0.15) is 30.3 Å². The molecule has 5 rings (SSSR count). The van der Waals surface area contributed by atoms with Crippen LogP contribution in [0.5, 0.6) is 0 Å². The maximum Gasteiger partial charge on any atom is 0.472 e. The van der Waals surface area contributed by atoms with Gasteiger partial charge >= 0.3 is 19.2 Å². The largest absolute Gasteiger partial charge is 0.472 e. The molecule has 2 saturated heterocycles. The Kier molecular flexibility index (Phi) is 7.63. The molecule has 2 aromatic rings. The Morgan fingerprint density at radius 2 is 1.66 bits per heavy atom. The predicted molar refractivity (Wildman–Crippen MR) is 136 cm³/mol. The standard InChI is InChI=1S/C23H31N4O13P/c1-9-5-26(21(33)24-18(9)31)14-4-12(29)13(38-14)7-37-41(35,36)40-17-11(3)15-16(30)23(17,8-28)39-20(15)27-6-10(2)19(32)25-22(27)34/h5-6,11-17,20,28-30H,4,7-8H2,1-3H3,(H,35,36)(H,24,31,33)(H,25,32,34)/t11-,12-,13+,14+,15+,16-,17+,20+,23+/m0/s1. The first-order valence-electron chi connectivity index (χ1n) is 12.8. The lowest BCUT2D eigenvalue weighted by atomic mass is 9.92. The van der Waals surface area contributed by atoms with Crippen molar-refractivity contribution in [3.63, 3.8) is 0 Å². The number of aromatic nitrogens is 4. The molecule has 3 fully saturated rings. The first-order chi connectivity index (χ1) is 19.2. The van der Waals surface area contributed by atoms with Crippen LogP contribution in [0.3, 0.4) is 0 Å². The van der Waals surface area contributed by atoms with Crippen LogP contribution in [0, 0.1) is 25.7 Å². The molecular formula is C23H31N4O13P. The van der Waals surface area contributed by atoms with Gasteiger partial charge < -0.3 is 29.7 Å². The number of nitrogens with zero attached hydrogens (tertiary/aromatic N) is 2. The molecule has 0 radical (unpaired) electrons. The lowest BCUT2D eigenvalue weighted by molar-refractivity contribution is -0.202. The summed E-state index contributed by atoms with van der Waals surface area (Å²) < 4.78 is 37.1. The van der Waals surface area contributed by atoms with Gasteiger partial charge in [0.15, 0.2) is 0 Å². The molecule has 10 atom stereocenters. The van der Waals surface area contributed by atoms with Gasteiger partial charge in [0.25, 0.3) is 11.1 Å². The highest BCUT2D eigenvalue weighted by atomic mass is 31.2. The van der Waals surface area contributed by atoms with Gasteiger partial charge in [-0.2, -0.15) is 0 Å². The molecule has 2 aliphatic heterocycles. The Morgan fingerprint density at radius 1 is 1.07 bits per heavy atom. The van der Waals surface area contributed by atoms with E-state index in [1.54, 1.807) is 6.92 Å². The molecule has 1 aliphatic carbocycles. The van der Waals surface area contributed by atoms with Gasteiger partial charge in [-0.05, 0) is 19.8 Å². The van der Waals surface area contributed by atoms with Crippen molar-refractivity contribution in [2.75, 3.05) is 13.2 Å². The molecule has 2 aromatic heterocycles. The Bertz CT molecular complexity index is 1620. The SMILES string of the molecule is Cc1cn([C@@H]2O[C@@]3(CO)[C@H](OP(=O)(O)OC[C@H]4O[C@@H](n5cc(C)c(=O)[nH]c5=O)C[C@@H]4O)[C@@H](C)[C@@H]2[C@@H]3O)c(=O)[nH]c1=O. The van der Waals surface area contributed by atoms with Gasteiger partial charge in [0.2, 0.25) is 0 Å². The smallest absolute Gasteiger partial charge is 0.393 e. The molecule has 2 bridgehead atoms. The zero-order chi connectivity index (χ0) is 30.0. The number of aromatic amines is 2. The predicted octanol–water partition coefficient (Wildman–Crippen LogP) is -2.26. The van der Waals surface area contributed by atoms with Crippen LogP contribution in [0.15, 0.2) is 31.6 Å². The van der Waals surface area contributed by atoms with Gasteiger partial charge in [-0.25, -0.2) is 14.2 Å². The number of phosphoric ester groups is 1. The molecule has 6 N–H and O–H groups in total.